The molecule has 0 spiro atoms. The minimum Gasteiger partial charge on any atom is -0.496 e. The second-order valence-corrected chi connectivity index (χ2v) is 35.5. The Morgan fingerprint density at radius 1 is 0.321 bits per heavy atom. The van der Waals surface area contributed by atoms with Gasteiger partial charge in [0.05, 0.1) is 103 Å². The molecule has 0 bridgehead atoms. The molecule has 676 valence electrons. The van der Waals surface area contributed by atoms with Gasteiger partial charge in [-0.25, -0.2) is 4.98 Å². The third kappa shape index (κ3) is 24.6. The first-order valence-electron chi connectivity index (χ1n) is 40.5. The summed E-state index contributed by atoms with van der Waals surface area (Å²) in [5, 5.41) is 86.3. The lowest BCUT2D eigenvalue weighted by atomic mass is 10.0. The SMILES string of the molecule is COc1cc(N=Nc2ccc(N=Nc3ccccc3)cc2S(=O)(=O)O)c(C)cc1Cc1nc(Cc2ccc(N=Nc3ccc(N=Nc4ccc(S(=O)(=O)O)cc4)cc3)c(C)c2)nc(N2CCN(c3nc(Nc4ccc(N=Nc5ccc(N=Nc6ccccc6)cc5S(=O)(=O)O)c(C)c4)nc(Nc4cc(C)c(N=Nc5ccc(N=Nc6ccc(S(=O)(=O)O)cc6)cc5)cc4CO)n3)CC2)n1. The summed E-state index contributed by atoms with van der Waals surface area (Å²) >= 11 is 0. The Balaban J connectivity index is 0.709. The van der Waals surface area contributed by atoms with Crippen LogP contribution >= 0.6 is 0 Å². The number of anilines is 6. The molecule has 12 aromatic carbocycles. The molecule has 0 amide bonds. The van der Waals surface area contributed by atoms with E-state index >= 15 is 0 Å². The van der Waals surface area contributed by atoms with Crippen LogP contribution in [0.2, 0.25) is 0 Å². The summed E-state index contributed by atoms with van der Waals surface area (Å²) in [6, 6.07) is 67.3. The van der Waals surface area contributed by atoms with Gasteiger partial charge < -0.3 is 30.3 Å². The van der Waals surface area contributed by atoms with E-state index in [0.29, 0.717) is 157 Å². The second kappa shape index (κ2) is 41.0. The Labute approximate surface area is 766 Å². The predicted molar refractivity (Wildman–Crippen MR) is 498 cm³/mol. The lowest BCUT2D eigenvalue weighted by molar-refractivity contribution is 0.282. The topological polar surface area (TPSA) is 553 Å². The van der Waals surface area contributed by atoms with Crippen LogP contribution in [0, 0.1) is 27.7 Å². The van der Waals surface area contributed by atoms with E-state index in [4.69, 9.17) is 34.6 Å². The lowest BCUT2D eigenvalue weighted by Crippen LogP contribution is -2.48. The van der Waals surface area contributed by atoms with Gasteiger partial charge in [0.2, 0.25) is 23.8 Å². The molecule has 1 saturated heterocycles. The molecule has 2 aromatic heterocycles. The van der Waals surface area contributed by atoms with Gasteiger partial charge in [-0.05, 0) is 256 Å². The highest BCUT2D eigenvalue weighted by Crippen LogP contribution is 2.40. The number of rotatable bonds is 32. The Kier molecular flexibility index (Phi) is 28.4. The van der Waals surface area contributed by atoms with E-state index in [1.807, 2.05) is 60.0 Å². The first kappa shape index (κ1) is 92.8. The largest absolute Gasteiger partial charge is 0.496 e. The number of aliphatic hydroxyl groups excluding tert-OH is 1. The van der Waals surface area contributed by atoms with Gasteiger partial charge in [-0.1, -0.05) is 48.5 Å². The van der Waals surface area contributed by atoms with Crippen molar-refractivity contribution in [3.8, 4) is 5.75 Å². The number of benzene rings is 12. The number of piperazine rings is 1. The zero-order chi connectivity index (χ0) is 94.3. The molecule has 0 radical (unpaired) electrons. The van der Waals surface area contributed by atoms with E-state index < -0.39 is 56.9 Å². The van der Waals surface area contributed by atoms with Crippen molar-refractivity contribution in [2.45, 2.75) is 66.7 Å². The van der Waals surface area contributed by atoms with E-state index in [1.54, 1.807) is 147 Å². The minimum atomic E-state index is -4.83. The minimum absolute atomic E-state index is 0.0701. The molecule has 0 unspecified atom stereocenters. The summed E-state index contributed by atoms with van der Waals surface area (Å²) in [6.07, 6.45) is 0.354. The van der Waals surface area contributed by atoms with Gasteiger partial charge in [0, 0.05) is 67.6 Å². The molecular formula is C90H78N26O14S4. The van der Waals surface area contributed by atoms with Crippen LogP contribution in [0.15, 0.2) is 356 Å². The maximum absolute atomic E-state index is 12.8. The number of nitrogens with one attached hydrogen (secondary N) is 2. The first-order valence-corrected chi connectivity index (χ1v) is 46.3. The van der Waals surface area contributed by atoms with Gasteiger partial charge in [0.15, 0.2) is 0 Å². The van der Waals surface area contributed by atoms with Crippen molar-refractivity contribution in [1.82, 2.24) is 29.9 Å². The fourth-order valence-electron chi connectivity index (χ4n) is 13.3. The smallest absolute Gasteiger partial charge is 0.296 e. The number of azo groups is 8. The second-order valence-electron chi connectivity index (χ2n) is 29.9. The standard InChI is InChI=1S/C90H78N26O14S4/c1-55-44-59(16-36-75(55)109-105-66-21-17-64(18-22-66)101-103-68-25-32-73(33-26-68)131(118,119)120)48-85-93-86(50-60-45-56(2)80(53-82(60)130-5)114-112-78-39-31-72(52-84(78)134(127,128)129)108-100-63-14-10-7-11-15-63)95-89(94-85)115-40-42-116(43-41-115)90-97-87(91-70-29-37-76(57(3)46-70)110-111-77-38-30-71(51-83(77)133(124,125)126)107-99-62-12-8-6-9-13-62)96-88(98-90)92-81-47-58(4)79(49-61(81)54-117)113-106-67-23-19-65(20-24-67)102-104-69-27-34-74(35-28-69)132(121,122)123/h6-39,44-47,49,51-53,117H,40-43,48,50,54H2,1-5H3,(H,118,119,120)(H,121,122,123)(H,124,125,126)(H,127,128,129)(H2,91,92,96,97,98). The monoisotopic (exact) mass is 1870 g/mol. The third-order valence-electron chi connectivity index (χ3n) is 20.2. The first-order chi connectivity index (χ1) is 64.3. The van der Waals surface area contributed by atoms with Crippen LogP contribution in [-0.4, -0.2) is 120 Å². The molecule has 3 heterocycles. The molecule has 1 aliphatic rings. The van der Waals surface area contributed by atoms with E-state index in [9.17, 15) is 57.0 Å². The quantitative estimate of drug-likeness (QED) is 0.0152. The molecule has 0 atom stereocenters. The Morgan fingerprint density at radius 2 is 0.679 bits per heavy atom. The number of hydrogen-bond acceptors (Lipinski definition) is 36. The van der Waals surface area contributed by atoms with Crippen molar-refractivity contribution in [2.75, 3.05) is 53.7 Å². The van der Waals surface area contributed by atoms with E-state index in [0.717, 1.165) is 23.3 Å². The molecule has 0 saturated carbocycles. The van der Waals surface area contributed by atoms with Crippen LogP contribution in [-0.2, 0) is 59.9 Å². The zero-order valence-electron chi connectivity index (χ0n) is 71.5. The highest BCUT2D eigenvalue weighted by molar-refractivity contribution is 7.86. The molecule has 40 nitrogen and oxygen atoms in total. The molecule has 1 fully saturated rings. The van der Waals surface area contributed by atoms with Crippen LogP contribution in [0.1, 0.15) is 50.6 Å². The van der Waals surface area contributed by atoms with Crippen LogP contribution in [0.3, 0.4) is 0 Å². The predicted octanol–water partition coefficient (Wildman–Crippen LogP) is 23.1. The number of aromatic nitrogens is 6. The van der Waals surface area contributed by atoms with Gasteiger partial charge in [-0.2, -0.15) is 130 Å². The highest BCUT2D eigenvalue weighted by atomic mass is 32.2. The molecule has 134 heavy (non-hydrogen) atoms. The van der Waals surface area contributed by atoms with Crippen LogP contribution in [0.5, 0.6) is 5.75 Å². The summed E-state index contributed by atoms with van der Waals surface area (Å²) in [4.78, 5) is 32.5. The molecule has 1 aliphatic heterocycles. The fourth-order valence-corrected chi connectivity index (χ4v) is 15.5. The number of ether oxygens (including phenoxy) is 1. The fraction of sp³-hybridized carbons (Fsp3) is 0.133. The van der Waals surface area contributed by atoms with Crippen molar-refractivity contribution in [3.05, 3.63) is 305 Å². The number of nitrogens with zero attached hydrogens (tertiary/aromatic N) is 24. The summed E-state index contributed by atoms with van der Waals surface area (Å²) in [5.41, 5.74) is 10.8. The molecule has 44 heteroatoms. The lowest BCUT2D eigenvalue weighted by Gasteiger charge is -2.35. The normalized spacial score (nSPS) is 13.1. The molecule has 0 aliphatic carbocycles. The summed E-state index contributed by atoms with van der Waals surface area (Å²) < 4.78 is 142. The van der Waals surface area contributed by atoms with Gasteiger partial charge in [0.1, 0.15) is 38.6 Å². The van der Waals surface area contributed by atoms with Crippen LogP contribution in [0.4, 0.5) is 126 Å². The van der Waals surface area contributed by atoms with Gasteiger partial charge in [-0.3, -0.25) is 18.2 Å². The van der Waals surface area contributed by atoms with Crippen molar-refractivity contribution >= 4 is 167 Å². The van der Waals surface area contributed by atoms with E-state index in [1.165, 1.54) is 79.9 Å². The maximum atomic E-state index is 12.8. The maximum Gasteiger partial charge on any atom is 0.296 e. The van der Waals surface area contributed by atoms with Gasteiger partial charge in [0.25, 0.3) is 40.5 Å². The summed E-state index contributed by atoms with van der Waals surface area (Å²) in [7, 11) is -16.9. The average Bonchev–Trinajstić information content (AvgIpc) is 0.793. The van der Waals surface area contributed by atoms with Gasteiger partial charge >= 0.3 is 0 Å². The summed E-state index contributed by atoms with van der Waals surface area (Å²) in [5.74, 6) is 1.92. The third-order valence-corrected chi connectivity index (χ3v) is 23.7. The van der Waals surface area contributed by atoms with Crippen molar-refractivity contribution < 1.29 is 61.7 Å². The molecule has 15 rings (SSSR count). The van der Waals surface area contributed by atoms with Crippen molar-refractivity contribution in [1.29, 1.82) is 0 Å². The zero-order valence-corrected chi connectivity index (χ0v) is 74.7. The Morgan fingerprint density at radius 3 is 1.13 bits per heavy atom. The molecule has 14 aromatic rings. The van der Waals surface area contributed by atoms with E-state index in [2.05, 4.69) is 92.5 Å². The Hall–Kier alpha value is -15.9. The van der Waals surface area contributed by atoms with Crippen molar-refractivity contribution in [2.24, 2.45) is 81.8 Å². The summed E-state index contributed by atoms with van der Waals surface area (Å²) in [6.45, 7) is 8.09. The Bertz CT molecular complexity index is 7510. The molecular weight excluding hydrogens is 1800 g/mol. The average molecular weight is 1880 g/mol. The van der Waals surface area contributed by atoms with Crippen molar-refractivity contribution in [3.63, 3.8) is 0 Å². The van der Waals surface area contributed by atoms with E-state index in [-0.39, 0.29) is 63.2 Å². The van der Waals surface area contributed by atoms with Crippen LogP contribution < -0.4 is 25.2 Å². The number of hydrogen-bond donors (Lipinski definition) is 7. The number of methoxy groups -OCH3 is 1. The number of aliphatic hydroxyl groups is 1. The van der Waals surface area contributed by atoms with Gasteiger partial charge in [-0.15, -0.1) is 10.2 Å². The molecule has 7 N–H and O–H groups in total. The van der Waals surface area contributed by atoms with Crippen LogP contribution in [0.25, 0.3) is 0 Å². The number of aryl methyl sites for hydroxylation is 4. The highest BCUT2D eigenvalue weighted by Gasteiger charge is 2.27.